The van der Waals surface area contributed by atoms with Crippen LogP contribution in [-0.4, -0.2) is 32.9 Å². The van der Waals surface area contributed by atoms with Gasteiger partial charge in [-0.15, -0.1) is 6.42 Å². The normalized spacial score (nSPS) is 28.2. The van der Waals surface area contributed by atoms with Gasteiger partial charge in [0.25, 0.3) is 0 Å². The maximum absolute atomic E-state index is 11.9. The van der Waals surface area contributed by atoms with Crippen LogP contribution in [-0.2, 0) is 14.0 Å². The Hall–Kier alpha value is -0.633. The minimum Gasteiger partial charge on any atom is -0.417 e. The molecule has 0 aromatic carbocycles. The fraction of sp³-hybridized carbons (Fsp3) is 0.812. The van der Waals surface area contributed by atoms with Crippen molar-refractivity contribution in [1.29, 1.82) is 0 Å². The highest BCUT2D eigenvalue weighted by Crippen LogP contribution is 2.36. The van der Waals surface area contributed by atoms with Crippen LogP contribution in [0.25, 0.3) is 0 Å². The Morgan fingerprint density at radius 2 is 2.05 bits per heavy atom. The Bertz CT molecular complexity index is 390. The van der Waals surface area contributed by atoms with E-state index >= 15 is 0 Å². The van der Waals surface area contributed by atoms with Gasteiger partial charge < -0.3 is 9.16 Å². The molecule has 3 atom stereocenters. The zero-order valence-electron chi connectivity index (χ0n) is 13.7. The number of ketones is 1. The molecule has 0 N–H and O–H groups in total. The van der Waals surface area contributed by atoms with Gasteiger partial charge in [-0.1, -0.05) is 33.6 Å². The van der Waals surface area contributed by atoms with Crippen LogP contribution in [0.5, 0.6) is 0 Å². The molecule has 1 fully saturated rings. The van der Waals surface area contributed by atoms with Gasteiger partial charge in [0, 0.05) is 13.0 Å². The predicted molar refractivity (Wildman–Crippen MR) is 84.0 cm³/mol. The van der Waals surface area contributed by atoms with E-state index in [1.54, 1.807) is 0 Å². The van der Waals surface area contributed by atoms with E-state index < -0.39 is 8.32 Å². The molecule has 20 heavy (non-hydrogen) atoms. The highest BCUT2D eigenvalue weighted by molar-refractivity contribution is 6.74. The summed E-state index contributed by atoms with van der Waals surface area (Å²) in [6.07, 6.45) is 6.15. The lowest BCUT2D eigenvalue weighted by molar-refractivity contribution is -0.140. The van der Waals surface area contributed by atoms with Crippen molar-refractivity contribution in [3.63, 3.8) is 0 Å². The van der Waals surface area contributed by atoms with Crippen LogP contribution in [0.2, 0.25) is 18.1 Å². The first-order chi connectivity index (χ1) is 9.08. The Labute approximate surface area is 124 Å². The first kappa shape index (κ1) is 17.4. The standard InChI is InChI=1S/C16H28O3Si/c1-8-15-12(2)14(17)11-13(19-15)9-10-18-20(6,7)16(3,4)5/h1,12-13,15H,9-11H2,2-7H3/t12-,13-,15+/m0/s1. The number of carbonyl (C=O) groups is 1. The third-order valence-corrected chi connectivity index (χ3v) is 9.14. The Balaban J connectivity index is 2.48. The van der Waals surface area contributed by atoms with Crippen molar-refractivity contribution in [2.24, 2.45) is 5.92 Å². The number of Topliss-reactive ketones (excluding diaryl/α,β-unsaturated/α-hetero) is 1. The third kappa shape index (κ3) is 4.18. The molecule has 0 bridgehead atoms. The first-order valence-corrected chi connectivity index (χ1v) is 10.3. The molecule has 4 heteroatoms. The molecular weight excluding hydrogens is 268 g/mol. The van der Waals surface area contributed by atoms with Gasteiger partial charge >= 0.3 is 0 Å². The maximum Gasteiger partial charge on any atom is 0.191 e. The van der Waals surface area contributed by atoms with Crippen molar-refractivity contribution < 1.29 is 14.0 Å². The number of ether oxygens (including phenoxy) is 1. The van der Waals surface area contributed by atoms with E-state index in [0.717, 1.165) is 6.42 Å². The van der Waals surface area contributed by atoms with Gasteiger partial charge in [-0.05, 0) is 24.6 Å². The summed E-state index contributed by atoms with van der Waals surface area (Å²) in [5.74, 6) is 2.59. The molecule has 0 radical (unpaired) electrons. The van der Waals surface area contributed by atoms with Gasteiger partial charge in [-0.3, -0.25) is 4.79 Å². The van der Waals surface area contributed by atoms with Crippen LogP contribution < -0.4 is 0 Å². The molecule has 1 rings (SSSR count). The molecule has 0 amide bonds. The zero-order chi connectivity index (χ0) is 15.6. The maximum atomic E-state index is 11.9. The number of carbonyl (C=O) groups excluding carboxylic acids is 1. The number of terminal acetylenes is 1. The van der Waals surface area contributed by atoms with Crippen molar-refractivity contribution in [2.45, 2.75) is 70.9 Å². The average Bonchev–Trinajstić information content (AvgIpc) is 2.31. The second kappa shape index (κ2) is 6.42. The van der Waals surface area contributed by atoms with Gasteiger partial charge in [0.1, 0.15) is 11.9 Å². The summed E-state index contributed by atoms with van der Waals surface area (Å²) in [5, 5.41) is 0.201. The largest absolute Gasteiger partial charge is 0.417 e. The molecule has 0 aromatic rings. The van der Waals surface area contributed by atoms with Gasteiger partial charge in [0.05, 0.1) is 12.0 Å². The molecule has 0 unspecified atom stereocenters. The quantitative estimate of drug-likeness (QED) is 0.589. The monoisotopic (exact) mass is 296 g/mol. The zero-order valence-corrected chi connectivity index (χ0v) is 14.7. The summed E-state index contributed by atoms with van der Waals surface area (Å²) in [5.41, 5.74) is 0. The van der Waals surface area contributed by atoms with Crippen LogP contribution in [0.4, 0.5) is 0 Å². The Morgan fingerprint density at radius 3 is 2.55 bits per heavy atom. The molecule has 0 saturated carbocycles. The van der Waals surface area contributed by atoms with Crippen LogP contribution >= 0.6 is 0 Å². The lowest BCUT2D eigenvalue weighted by Crippen LogP contribution is -2.43. The second-order valence-electron chi connectivity index (χ2n) is 7.20. The van der Waals surface area contributed by atoms with E-state index in [1.807, 2.05) is 6.92 Å². The summed E-state index contributed by atoms with van der Waals surface area (Å²) >= 11 is 0. The molecule has 3 nitrogen and oxygen atoms in total. The molecule has 1 heterocycles. The van der Waals surface area contributed by atoms with E-state index in [9.17, 15) is 4.79 Å². The summed E-state index contributed by atoms with van der Waals surface area (Å²) in [4.78, 5) is 11.9. The lowest BCUT2D eigenvalue weighted by atomic mass is 9.91. The summed E-state index contributed by atoms with van der Waals surface area (Å²) in [6.45, 7) is 13.6. The summed E-state index contributed by atoms with van der Waals surface area (Å²) < 4.78 is 11.9. The topological polar surface area (TPSA) is 35.5 Å². The fourth-order valence-corrected chi connectivity index (χ4v) is 3.03. The van der Waals surface area contributed by atoms with E-state index in [2.05, 4.69) is 39.8 Å². The number of hydrogen-bond acceptors (Lipinski definition) is 3. The highest BCUT2D eigenvalue weighted by atomic mass is 28.4. The molecule has 1 saturated heterocycles. The summed E-state index contributed by atoms with van der Waals surface area (Å²) in [6, 6.07) is 0. The van der Waals surface area contributed by atoms with Crippen LogP contribution in [0.1, 0.15) is 40.5 Å². The van der Waals surface area contributed by atoms with Gasteiger partial charge in [-0.25, -0.2) is 0 Å². The lowest BCUT2D eigenvalue weighted by Gasteiger charge is -2.37. The predicted octanol–water partition coefficient (Wildman–Crippen LogP) is 3.39. The molecular formula is C16H28O3Si. The number of rotatable bonds is 4. The molecule has 1 aliphatic heterocycles. The van der Waals surface area contributed by atoms with E-state index in [-0.39, 0.29) is 28.9 Å². The van der Waals surface area contributed by atoms with Crippen molar-refractivity contribution in [1.82, 2.24) is 0 Å². The van der Waals surface area contributed by atoms with Gasteiger partial charge in [-0.2, -0.15) is 0 Å². The molecule has 0 spiro atoms. The van der Waals surface area contributed by atoms with Crippen LogP contribution in [0.3, 0.4) is 0 Å². The average molecular weight is 296 g/mol. The second-order valence-corrected chi connectivity index (χ2v) is 12.0. The molecule has 1 aliphatic rings. The third-order valence-electron chi connectivity index (χ3n) is 4.60. The molecule has 0 aliphatic carbocycles. The van der Waals surface area contributed by atoms with Crippen molar-refractivity contribution in [3.8, 4) is 12.3 Å². The van der Waals surface area contributed by atoms with E-state index in [4.69, 9.17) is 15.6 Å². The van der Waals surface area contributed by atoms with Crippen molar-refractivity contribution in [3.05, 3.63) is 0 Å². The minimum absolute atomic E-state index is 0.0930. The Morgan fingerprint density at radius 1 is 1.45 bits per heavy atom. The smallest absolute Gasteiger partial charge is 0.191 e. The van der Waals surface area contributed by atoms with Gasteiger partial charge in [0.15, 0.2) is 8.32 Å². The fourth-order valence-electron chi connectivity index (χ4n) is 1.97. The Kier molecular flexibility index (Phi) is 5.59. The highest BCUT2D eigenvalue weighted by Gasteiger charge is 2.38. The first-order valence-electron chi connectivity index (χ1n) is 7.37. The van der Waals surface area contributed by atoms with Gasteiger partial charge in [0.2, 0.25) is 0 Å². The van der Waals surface area contributed by atoms with Crippen LogP contribution in [0.15, 0.2) is 0 Å². The van der Waals surface area contributed by atoms with Crippen LogP contribution in [0, 0.1) is 18.3 Å². The van der Waals surface area contributed by atoms with Crippen molar-refractivity contribution in [2.75, 3.05) is 6.61 Å². The summed E-state index contributed by atoms with van der Waals surface area (Å²) in [7, 11) is -1.73. The van der Waals surface area contributed by atoms with E-state index in [0.29, 0.717) is 13.0 Å². The minimum atomic E-state index is -1.73. The van der Waals surface area contributed by atoms with E-state index in [1.165, 1.54) is 0 Å². The SMILES string of the molecule is C#C[C@H]1O[C@@H](CCO[Si](C)(C)C(C)(C)C)CC(=O)[C@@H]1C. The molecule has 0 aromatic heterocycles. The van der Waals surface area contributed by atoms with Crippen molar-refractivity contribution >= 4 is 14.1 Å². The molecule has 114 valence electrons. The number of hydrogen-bond donors (Lipinski definition) is 0.